The van der Waals surface area contributed by atoms with Gasteiger partial charge in [0.2, 0.25) is 0 Å². The summed E-state index contributed by atoms with van der Waals surface area (Å²) in [5.41, 5.74) is -0.225. The van der Waals surface area contributed by atoms with Gasteiger partial charge in [0.1, 0.15) is 17.2 Å². The second kappa shape index (κ2) is 5.04. The first kappa shape index (κ1) is 14.9. The summed E-state index contributed by atoms with van der Waals surface area (Å²) in [7, 11) is 1.65. The molecule has 6 nitrogen and oxygen atoms in total. The van der Waals surface area contributed by atoms with Gasteiger partial charge in [-0.1, -0.05) is 0 Å². The van der Waals surface area contributed by atoms with Crippen molar-refractivity contribution in [2.75, 3.05) is 38.2 Å². The van der Waals surface area contributed by atoms with E-state index < -0.39 is 5.60 Å². The topological polar surface area (TPSA) is 54.9 Å². The van der Waals surface area contributed by atoms with E-state index in [0.29, 0.717) is 0 Å². The van der Waals surface area contributed by atoms with Crippen molar-refractivity contribution < 1.29 is 14.3 Å². The Balaban J connectivity index is 1.51. The number of carbonyl (C=O) groups is 1. The summed E-state index contributed by atoms with van der Waals surface area (Å²) < 4.78 is 10.6. The third-order valence-electron chi connectivity index (χ3n) is 4.03. The molecule has 1 aromatic rings. The number of hydrogen-bond acceptors (Lipinski definition) is 5. The number of anilines is 1. The summed E-state index contributed by atoms with van der Waals surface area (Å²) in [4.78, 5) is 20.3. The highest BCUT2D eigenvalue weighted by molar-refractivity contribution is 5.70. The lowest BCUT2D eigenvalue weighted by molar-refractivity contribution is -0.0454. The highest BCUT2D eigenvalue weighted by Gasteiger charge is 2.54. The zero-order valence-corrected chi connectivity index (χ0v) is 13.6. The van der Waals surface area contributed by atoms with Crippen molar-refractivity contribution in [3.63, 3.8) is 0 Å². The Bertz CT molecular complexity index is 568. The Morgan fingerprint density at radius 3 is 2.55 bits per heavy atom. The van der Waals surface area contributed by atoms with E-state index in [1.165, 1.54) is 0 Å². The molecule has 2 aliphatic heterocycles. The van der Waals surface area contributed by atoms with E-state index >= 15 is 0 Å². The van der Waals surface area contributed by atoms with Crippen LogP contribution in [0.15, 0.2) is 18.3 Å². The van der Waals surface area contributed by atoms with E-state index in [9.17, 15) is 4.79 Å². The number of ether oxygens (including phenoxy) is 2. The summed E-state index contributed by atoms with van der Waals surface area (Å²) in [5, 5.41) is 0. The van der Waals surface area contributed by atoms with Crippen LogP contribution in [0.5, 0.6) is 5.75 Å². The van der Waals surface area contributed by atoms with Gasteiger partial charge in [-0.2, -0.15) is 0 Å². The van der Waals surface area contributed by atoms with Gasteiger partial charge in [-0.3, -0.25) is 0 Å². The van der Waals surface area contributed by atoms with Crippen LogP contribution in [-0.4, -0.2) is 54.9 Å². The van der Waals surface area contributed by atoms with Crippen molar-refractivity contribution in [3.8, 4) is 5.75 Å². The van der Waals surface area contributed by atoms with Crippen LogP contribution in [-0.2, 0) is 4.74 Å². The van der Waals surface area contributed by atoms with Crippen LogP contribution in [0.1, 0.15) is 20.8 Å². The maximum atomic E-state index is 12.0. The molecule has 0 unspecified atom stereocenters. The zero-order valence-electron chi connectivity index (χ0n) is 13.6. The lowest BCUT2D eigenvalue weighted by Gasteiger charge is -2.60. The van der Waals surface area contributed by atoms with Gasteiger partial charge in [0, 0.05) is 43.9 Å². The molecule has 1 aromatic heterocycles. The van der Waals surface area contributed by atoms with Crippen LogP contribution in [0.2, 0.25) is 0 Å². The number of methoxy groups -OCH3 is 1. The number of aromatic nitrogens is 1. The summed E-state index contributed by atoms with van der Waals surface area (Å²) >= 11 is 0. The first-order chi connectivity index (χ1) is 10.3. The third-order valence-corrected chi connectivity index (χ3v) is 4.03. The van der Waals surface area contributed by atoms with Gasteiger partial charge in [-0.25, -0.2) is 9.78 Å². The minimum Gasteiger partial charge on any atom is -0.497 e. The lowest BCUT2D eigenvalue weighted by atomic mass is 9.73. The maximum Gasteiger partial charge on any atom is 0.410 e. The van der Waals surface area contributed by atoms with Crippen molar-refractivity contribution in [1.82, 2.24) is 9.88 Å². The van der Waals surface area contributed by atoms with Crippen LogP contribution in [0.3, 0.4) is 0 Å². The molecule has 2 fully saturated rings. The second-order valence-electron chi connectivity index (χ2n) is 7.25. The summed E-state index contributed by atoms with van der Waals surface area (Å²) in [6.07, 6.45) is 1.54. The average Bonchev–Trinajstić information content (AvgIpc) is 2.33. The molecule has 22 heavy (non-hydrogen) atoms. The lowest BCUT2D eigenvalue weighted by Crippen LogP contribution is -2.73. The predicted octanol–water partition coefficient (Wildman–Crippen LogP) is 2.15. The number of amides is 1. The third kappa shape index (κ3) is 2.82. The fourth-order valence-corrected chi connectivity index (χ4v) is 3.04. The summed E-state index contributed by atoms with van der Waals surface area (Å²) in [6.45, 7) is 9.05. The Morgan fingerprint density at radius 2 is 1.95 bits per heavy atom. The van der Waals surface area contributed by atoms with E-state index in [-0.39, 0.29) is 11.5 Å². The molecule has 6 heteroatoms. The van der Waals surface area contributed by atoms with Crippen molar-refractivity contribution in [3.05, 3.63) is 18.3 Å². The Kier molecular flexibility index (Phi) is 3.42. The first-order valence-corrected chi connectivity index (χ1v) is 7.53. The fraction of sp³-hybridized carbons (Fsp3) is 0.625. The molecule has 0 atom stereocenters. The first-order valence-electron chi connectivity index (χ1n) is 7.53. The highest BCUT2D eigenvalue weighted by atomic mass is 16.6. The number of hydrogen-bond donors (Lipinski definition) is 0. The fourth-order valence-electron chi connectivity index (χ4n) is 3.04. The number of carbonyl (C=O) groups excluding carboxylic acids is 1. The molecule has 0 radical (unpaired) electrons. The molecule has 1 amide bonds. The molecule has 0 saturated carbocycles. The quantitative estimate of drug-likeness (QED) is 0.838. The Hall–Kier alpha value is -1.98. The summed E-state index contributed by atoms with van der Waals surface area (Å²) in [6, 6.07) is 3.78. The number of pyridine rings is 1. The van der Waals surface area contributed by atoms with Gasteiger partial charge in [0.05, 0.1) is 7.11 Å². The van der Waals surface area contributed by atoms with Crippen LogP contribution in [0.4, 0.5) is 10.6 Å². The smallest absolute Gasteiger partial charge is 0.410 e. The van der Waals surface area contributed by atoms with Gasteiger partial charge in [-0.15, -0.1) is 0 Å². The standard InChI is InChI=1S/C16H23N3O3/c1-15(2,3)22-14(20)19-10-16(11-19)8-18(9-16)13-7-12(21-4)5-6-17-13/h5-7H,8-11H2,1-4H3. The predicted molar refractivity (Wildman–Crippen MR) is 83.2 cm³/mol. The molecule has 0 N–H and O–H groups in total. The maximum absolute atomic E-state index is 12.0. The van der Waals surface area contributed by atoms with Gasteiger partial charge >= 0.3 is 6.09 Å². The molecule has 1 spiro atoms. The monoisotopic (exact) mass is 305 g/mol. The molecule has 2 aliphatic rings. The highest BCUT2D eigenvalue weighted by Crippen LogP contribution is 2.42. The minimum absolute atomic E-state index is 0.210. The zero-order chi connectivity index (χ0) is 16.0. The van der Waals surface area contributed by atoms with Crippen LogP contribution in [0.25, 0.3) is 0 Å². The Labute approximate surface area is 131 Å². The minimum atomic E-state index is -0.435. The molecule has 0 aliphatic carbocycles. The van der Waals surface area contributed by atoms with Gasteiger partial charge in [0.25, 0.3) is 0 Å². The summed E-state index contributed by atoms with van der Waals surface area (Å²) in [5.74, 6) is 1.75. The normalized spacial score (nSPS) is 19.5. The van der Waals surface area contributed by atoms with E-state index in [0.717, 1.165) is 37.7 Å². The largest absolute Gasteiger partial charge is 0.497 e. The van der Waals surface area contributed by atoms with Gasteiger partial charge in [0.15, 0.2) is 0 Å². The van der Waals surface area contributed by atoms with Crippen LogP contribution in [0, 0.1) is 5.41 Å². The molecule has 3 heterocycles. The van der Waals surface area contributed by atoms with E-state index in [2.05, 4.69) is 9.88 Å². The van der Waals surface area contributed by atoms with Gasteiger partial charge in [-0.05, 0) is 26.8 Å². The van der Waals surface area contributed by atoms with E-state index in [4.69, 9.17) is 9.47 Å². The number of rotatable bonds is 2. The van der Waals surface area contributed by atoms with E-state index in [1.54, 1.807) is 18.2 Å². The molecular formula is C16H23N3O3. The van der Waals surface area contributed by atoms with Crippen LogP contribution < -0.4 is 9.64 Å². The molecule has 0 bridgehead atoms. The van der Waals surface area contributed by atoms with Crippen molar-refractivity contribution in [2.45, 2.75) is 26.4 Å². The SMILES string of the molecule is COc1ccnc(N2CC3(CN(C(=O)OC(C)(C)C)C3)C2)c1. The Morgan fingerprint density at radius 1 is 1.27 bits per heavy atom. The van der Waals surface area contributed by atoms with Crippen molar-refractivity contribution in [1.29, 1.82) is 0 Å². The molecule has 3 rings (SSSR count). The number of likely N-dealkylation sites (tertiary alicyclic amines) is 1. The van der Waals surface area contributed by atoms with Crippen LogP contribution >= 0.6 is 0 Å². The van der Waals surface area contributed by atoms with Crippen molar-refractivity contribution in [2.24, 2.45) is 5.41 Å². The van der Waals surface area contributed by atoms with E-state index in [1.807, 2.05) is 32.9 Å². The average molecular weight is 305 g/mol. The van der Waals surface area contributed by atoms with Crippen molar-refractivity contribution >= 4 is 11.9 Å². The molecule has 2 saturated heterocycles. The number of nitrogens with zero attached hydrogens (tertiary/aromatic N) is 3. The van der Waals surface area contributed by atoms with Gasteiger partial charge < -0.3 is 19.3 Å². The molecule has 0 aromatic carbocycles. The second-order valence-corrected chi connectivity index (χ2v) is 7.25. The molecule has 120 valence electrons. The molecular weight excluding hydrogens is 282 g/mol.